The summed E-state index contributed by atoms with van der Waals surface area (Å²) >= 11 is 5.54. The van der Waals surface area contributed by atoms with Gasteiger partial charge in [0.2, 0.25) is 0 Å². The van der Waals surface area contributed by atoms with Crippen LogP contribution in [0.5, 0.6) is 0 Å². The van der Waals surface area contributed by atoms with E-state index in [9.17, 15) is 13.6 Å². The molecule has 1 rings (SSSR count). The third-order valence-corrected chi connectivity index (χ3v) is 2.66. The molecule has 17 heavy (non-hydrogen) atoms. The van der Waals surface area contributed by atoms with Crippen molar-refractivity contribution in [1.29, 1.82) is 0 Å². The highest BCUT2D eigenvalue weighted by molar-refractivity contribution is 6.17. The van der Waals surface area contributed by atoms with Crippen molar-refractivity contribution in [3.63, 3.8) is 0 Å². The third kappa shape index (κ3) is 3.66. The molecule has 1 aromatic rings. The summed E-state index contributed by atoms with van der Waals surface area (Å²) in [6, 6.07) is 2.86. The van der Waals surface area contributed by atoms with Crippen molar-refractivity contribution in [3.05, 3.63) is 35.4 Å². The van der Waals surface area contributed by atoms with Crippen LogP contribution in [0.1, 0.15) is 23.7 Å². The second kappa shape index (κ2) is 6.55. The molecule has 5 heteroatoms. The number of carbonyl (C=O) groups excluding carboxylic acids is 1. The molecular weight excluding hydrogens is 248 g/mol. The van der Waals surface area contributed by atoms with Crippen LogP contribution in [0.25, 0.3) is 0 Å². The van der Waals surface area contributed by atoms with Crippen molar-refractivity contribution in [2.45, 2.75) is 13.3 Å². The maximum Gasteiger partial charge on any atom is 0.256 e. The maximum atomic E-state index is 13.4. The molecule has 0 unspecified atom stereocenters. The van der Waals surface area contributed by atoms with Crippen LogP contribution >= 0.6 is 11.6 Å². The molecule has 0 aliphatic rings. The molecule has 0 N–H and O–H groups in total. The lowest BCUT2D eigenvalue weighted by molar-refractivity contribution is 0.0759. The number of alkyl halides is 1. The SMILES string of the molecule is CCN(CCCCl)C(=O)c1cc(F)ccc1F. The van der Waals surface area contributed by atoms with Crippen molar-refractivity contribution in [1.82, 2.24) is 4.90 Å². The summed E-state index contributed by atoms with van der Waals surface area (Å²) in [6.07, 6.45) is 0.623. The van der Waals surface area contributed by atoms with E-state index in [0.29, 0.717) is 25.4 Å². The van der Waals surface area contributed by atoms with Gasteiger partial charge in [0.25, 0.3) is 5.91 Å². The van der Waals surface area contributed by atoms with Crippen LogP contribution in [0.4, 0.5) is 8.78 Å². The molecule has 1 aromatic carbocycles. The Hall–Kier alpha value is -1.16. The summed E-state index contributed by atoms with van der Waals surface area (Å²) in [6.45, 7) is 2.66. The van der Waals surface area contributed by atoms with Crippen molar-refractivity contribution in [3.8, 4) is 0 Å². The quantitative estimate of drug-likeness (QED) is 0.746. The van der Waals surface area contributed by atoms with E-state index < -0.39 is 17.5 Å². The van der Waals surface area contributed by atoms with E-state index in [1.54, 1.807) is 6.92 Å². The van der Waals surface area contributed by atoms with E-state index in [4.69, 9.17) is 11.6 Å². The van der Waals surface area contributed by atoms with Crippen molar-refractivity contribution in [2.75, 3.05) is 19.0 Å². The minimum atomic E-state index is -0.708. The first-order valence-corrected chi connectivity index (χ1v) is 5.94. The molecule has 1 amide bonds. The van der Waals surface area contributed by atoms with E-state index in [-0.39, 0.29) is 5.56 Å². The van der Waals surface area contributed by atoms with Gasteiger partial charge in [-0.15, -0.1) is 11.6 Å². The first-order valence-electron chi connectivity index (χ1n) is 5.40. The monoisotopic (exact) mass is 261 g/mol. The zero-order valence-electron chi connectivity index (χ0n) is 9.55. The normalized spacial score (nSPS) is 10.4. The molecular formula is C12H14ClF2NO. The molecule has 0 aliphatic carbocycles. The Bertz CT molecular complexity index is 398. The molecule has 2 nitrogen and oxygen atoms in total. The Kier molecular flexibility index (Phi) is 5.35. The lowest BCUT2D eigenvalue weighted by Crippen LogP contribution is -2.32. The van der Waals surface area contributed by atoms with Gasteiger partial charge in [0, 0.05) is 19.0 Å². The van der Waals surface area contributed by atoms with Crippen LogP contribution in [-0.2, 0) is 0 Å². The second-order valence-electron chi connectivity index (χ2n) is 3.55. The molecule has 0 radical (unpaired) electrons. The maximum absolute atomic E-state index is 13.4. The average molecular weight is 262 g/mol. The molecule has 0 aromatic heterocycles. The smallest absolute Gasteiger partial charge is 0.256 e. The molecule has 0 saturated carbocycles. The molecule has 0 aliphatic heterocycles. The highest BCUT2D eigenvalue weighted by Crippen LogP contribution is 2.12. The second-order valence-corrected chi connectivity index (χ2v) is 3.93. The molecule has 0 heterocycles. The number of nitrogens with zero attached hydrogens (tertiary/aromatic N) is 1. The van der Waals surface area contributed by atoms with Crippen molar-refractivity contribution in [2.24, 2.45) is 0 Å². The lowest BCUT2D eigenvalue weighted by atomic mass is 10.1. The van der Waals surface area contributed by atoms with Gasteiger partial charge in [-0.25, -0.2) is 8.78 Å². The number of rotatable bonds is 5. The summed E-state index contributed by atoms with van der Waals surface area (Å²) in [5.74, 6) is -1.41. The third-order valence-electron chi connectivity index (χ3n) is 2.39. The Morgan fingerprint density at radius 2 is 2.12 bits per heavy atom. The lowest BCUT2D eigenvalue weighted by Gasteiger charge is -2.20. The fourth-order valence-electron chi connectivity index (χ4n) is 1.49. The number of hydrogen-bond donors (Lipinski definition) is 0. The summed E-state index contributed by atoms with van der Waals surface area (Å²) < 4.78 is 26.4. The van der Waals surface area contributed by atoms with Gasteiger partial charge in [0.15, 0.2) is 0 Å². The highest BCUT2D eigenvalue weighted by Gasteiger charge is 2.18. The van der Waals surface area contributed by atoms with Gasteiger partial charge in [-0.05, 0) is 31.5 Å². The van der Waals surface area contributed by atoms with Crippen LogP contribution in [0.2, 0.25) is 0 Å². The number of carbonyl (C=O) groups is 1. The van der Waals surface area contributed by atoms with E-state index in [1.165, 1.54) is 4.90 Å². The summed E-state index contributed by atoms with van der Waals surface area (Å²) in [4.78, 5) is 13.4. The Balaban J connectivity index is 2.89. The number of benzene rings is 1. The standard InChI is InChI=1S/C12H14ClF2NO/c1-2-16(7-3-6-13)12(17)10-8-9(14)4-5-11(10)15/h4-5,8H,2-3,6-7H2,1H3. The highest BCUT2D eigenvalue weighted by atomic mass is 35.5. The Morgan fingerprint density at radius 3 is 2.71 bits per heavy atom. The fourth-order valence-corrected chi connectivity index (χ4v) is 1.61. The number of hydrogen-bond acceptors (Lipinski definition) is 1. The van der Waals surface area contributed by atoms with E-state index in [1.807, 2.05) is 0 Å². The van der Waals surface area contributed by atoms with Crippen LogP contribution < -0.4 is 0 Å². The fraction of sp³-hybridized carbons (Fsp3) is 0.417. The van der Waals surface area contributed by atoms with Gasteiger partial charge in [-0.3, -0.25) is 4.79 Å². The minimum absolute atomic E-state index is 0.235. The Morgan fingerprint density at radius 1 is 1.41 bits per heavy atom. The van der Waals surface area contributed by atoms with Crippen molar-refractivity contribution < 1.29 is 13.6 Å². The molecule has 0 saturated heterocycles. The number of halogens is 3. The topological polar surface area (TPSA) is 20.3 Å². The largest absolute Gasteiger partial charge is 0.339 e. The van der Waals surface area contributed by atoms with Gasteiger partial charge < -0.3 is 4.90 Å². The molecule has 94 valence electrons. The Labute approximate surface area is 104 Å². The van der Waals surface area contributed by atoms with Gasteiger partial charge >= 0.3 is 0 Å². The first-order chi connectivity index (χ1) is 8.10. The van der Waals surface area contributed by atoms with Gasteiger partial charge in [-0.2, -0.15) is 0 Å². The van der Waals surface area contributed by atoms with Crippen LogP contribution in [0.3, 0.4) is 0 Å². The zero-order chi connectivity index (χ0) is 12.8. The first kappa shape index (κ1) is 13.9. The van der Waals surface area contributed by atoms with Crippen molar-refractivity contribution >= 4 is 17.5 Å². The predicted molar refractivity (Wildman–Crippen MR) is 63.3 cm³/mol. The summed E-state index contributed by atoms with van der Waals surface area (Å²) in [5.41, 5.74) is -0.235. The zero-order valence-corrected chi connectivity index (χ0v) is 10.3. The van der Waals surface area contributed by atoms with E-state index in [0.717, 1.165) is 18.2 Å². The molecule has 0 bridgehead atoms. The van der Waals surface area contributed by atoms with Gasteiger partial charge in [0.05, 0.1) is 5.56 Å². The predicted octanol–water partition coefficient (Wildman–Crippen LogP) is 3.06. The molecule has 0 atom stereocenters. The van der Waals surface area contributed by atoms with Gasteiger partial charge in [0.1, 0.15) is 11.6 Å². The molecule has 0 spiro atoms. The van der Waals surface area contributed by atoms with Crippen LogP contribution in [-0.4, -0.2) is 29.8 Å². The summed E-state index contributed by atoms with van der Waals surface area (Å²) in [5, 5.41) is 0. The van der Waals surface area contributed by atoms with E-state index in [2.05, 4.69) is 0 Å². The van der Waals surface area contributed by atoms with Gasteiger partial charge in [-0.1, -0.05) is 0 Å². The summed E-state index contributed by atoms with van der Waals surface area (Å²) in [7, 11) is 0. The molecule has 0 fully saturated rings. The number of amides is 1. The van der Waals surface area contributed by atoms with Crippen LogP contribution in [0, 0.1) is 11.6 Å². The minimum Gasteiger partial charge on any atom is -0.339 e. The van der Waals surface area contributed by atoms with Crippen LogP contribution in [0.15, 0.2) is 18.2 Å². The van der Waals surface area contributed by atoms with E-state index >= 15 is 0 Å². The average Bonchev–Trinajstić information content (AvgIpc) is 2.33.